The average molecular weight is 403 g/mol. The molecular weight excluding hydrogens is 388 g/mol. The van der Waals surface area contributed by atoms with Crippen LogP contribution >= 0.6 is 27.7 Å². The Morgan fingerprint density at radius 1 is 1.21 bits per heavy atom. The van der Waals surface area contributed by atoms with E-state index >= 15 is 0 Å². The van der Waals surface area contributed by atoms with Crippen LogP contribution in [0.25, 0.3) is 5.57 Å². The lowest BCUT2D eigenvalue weighted by atomic mass is 10.1. The van der Waals surface area contributed by atoms with Gasteiger partial charge >= 0.3 is 0 Å². The Labute approximate surface area is 152 Å². The molecule has 3 rings (SSSR count). The van der Waals surface area contributed by atoms with Crippen LogP contribution in [0.2, 0.25) is 0 Å². The number of hydrogen-bond acceptors (Lipinski definition) is 4. The molecule has 6 heteroatoms. The Morgan fingerprint density at radius 2 is 1.92 bits per heavy atom. The Morgan fingerprint density at radius 3 is 2.62 bits per heavy atom. The number of amides is 1. The number of rotatable bonds is 2. The highest BCUT2D eigenvalue weighted by Gasteiger charge is 2.26. The van der Waals surface area contributed by atoms with Crippen molar-refractivity contribution < 1.29 is 9.90 Å². The van der Waals surface area contributed by atoms with Gasteiger partial charge in [-0.15, -0.1) is 0 Å². The van der Waals surface area contributed by atoms with E-state index in [4.69, 9.17) is 0 Å². The van der Waals surface area contributed by atoms with Crippen molar-refractivity contribution in [1.82, 2.24) is 5.32 Å². The minimum absolute atomic E-state index is 0.0880. The molecule has 1 fully saturated rings. The molecule has 1 amide bonds. The molecule has 1 heterocycles. The molecule has 122 valence electrons. The summed E-state index contributed by atoms with van der Waals surface area (Å²) in [6, 6.07) is 13.0. The topological polar surface area (TPSA) is 61.7 Å². The number of allylic oxidation sites excluding steroid dienone is 1. The van der Waals surface area contributed by atoms with Crippen molar-refractivity contribution in [2.45, 2.75) is 13.8 Å². The Bertz CT molecular complexity index is 873. The maximum Gasteiger partial charge on any atom is 0.264 e. The molecule has 0 spiro atoms. The van der Waals surface area contributed by atoms with E-state index in [1.807, 2.05) is 44.2 Å². The Hall–Kier alpha value is -2.05. The number of halogens is 1. The van der Waals surface area contributed by atoms with Gasteiger partial charge in [-0.1, -0.05) is 34.1 Å². The fourth-order valence-electron chi connectivity index (χ4n) is 2.28. The van der Waals surface area contributed by atoms with E-state index in [2.05, 4.69) is 26.2 Å². The summed E-state index contributed by atoms with van der Waals surface area (Å²) in [6.45, 7) is 3.84. The van der Waals surface area contributed by atoms with Gasteiger partial charge in [-0.05, 0) is 66.6 Å². The smallest absolute Gasteiger partial charge is 0.264 e. The lowest BCUT2D eigenvalue weighted by Crippen LogP contribution is -2.19. The molecule has 0 radical (unpaired) electrons. The second-order valence-corrected chi connectivity index (χ2v) is 7.34. The van der Waals surface area contributed by atoms with E-state index in [1.165, 1.54) is 11.8 Å². The minimum Gasteiger partial charge on any atom is -0.506 e. The average Bonchev–Trinajstić information content (AvgIpc) is 2.91. The molecular formula is C18H15BrN2O2S. The molecule has 2 aromatic rings. The largest absolute Gasteiger partial charge is 0.506 e. The van der Waals surface area contributed by atoms with Crippen molar-refractivity contribution in [3.63, 3.8) is 0 Å². The van der Waals surface area contributed by atoms with E-state index in [0.717, 1.165) is 21.2 Å². The monoisotopic (exact) mass is 402 g/mol. The summed E-state index contributed by atoms with van der Waals surface area (Å²) < 4.78 is 0.991. The number of hydrogen-bond donors (Lipinski definition) is 2. The maximum absolute atomic E-state index is 12.3. The van der Waals surface area contributed by atoms with Crippen LogP contribution < -0.4 is 5.32 Å². The first kappa shape index (κ1) is 16.8. The quantitative estimate of drug-likeness (QED) is 0.712. The number of nitrogens with zero attached hydrogens (tertiary/aromatic N) is 1. The highest BCUT2D eigenvalue weighted by molar-refractivity contribution is 9.10. The number of carbonyl (C=O) groups is 1. The van der Waals surface area contributed by atoms with Crippen LogP contribution in [0.5, 0.6) is 5.75 Å². The van der Waals surface area contributed by atoms with Gasteiger partial charge in [-0.2, -0.15) is 0 Å². The molecule has 1 saturated heterocycles. The van der Waals surface area contributed by atoms with Gasteiger partial charge in [-0.3, -0.25) is 4.79 Å². The standard InChI is InChI=1S/C18H15BrN2O2S/c1-10-3-8-15(22)14(9-10)20-18-21-17(23)16(24-18)11(2)12-4-6-13(19)7-5-12/h3-9,22H,1-2H3,(H,20,21,23)/b16-11-. The van der Waals surface area contributed by atoms with Gasteiger partial charge in [0.15, 0.2) is 5.17 Å². The first-order valence-corrected chi connectivity index (χ1v) is 8.89. The van der Waals surface area contributed by atoms with Crippen LogP contribution in [-0.2, 0) is 4.79 Å². The molecule has 0 aliphatic carbocycles. The summed E-state index contributed by atoms with van der Waals surface area (Å²) >= 11 is 4.69. The molecule has 0 unspecified atom stereocenters. The molecule has 2 N–H and O–H groups in total. The Balaban J connectivity index is 1.93. The van der Waals surface area contributed by atoms with Crippen molar-refractivity contribution in [1.29, 1.82) is 0 Å². The zero-order chi connectivity index (χ0) is 17.3. The van der Waals surface area contributed by atoms with E-state index in [-0.39, 0.29) is 11.7 Å². The summed E-state index contributed by atoms with van der Waals surface area (Å²) in [7, 11) is 0. The summed E-state index contributed by atoms with van der Waals surface area (Å²) in [4.78, 5) is 17.2. The number of nitrogens with one attached hydrogen (secondary N) is 1. The van der Waals surface area contributed by atoms with Crippen LogP contribution in [0.15, 0.2) is 56.8 Å². The second-order valence-electron chi connectivity index (χ2n) is 5.43. The third-order valence-corrected chi connectivity index (χ3v) is 5.21. The molecule has 4 nitrogen and oxygen atoms in total. The SMILES string of the molecule is C/C(=C1/SC(=Nc2cc(C)ccc2O)NC1=O)c1ccc(Br)cc1. The summed E-state index contributed by atoms with van der Waals surface area (Å²) in [5, 5.41) is 13.1. The van der Waals surface area contributed by atoms with E-state index in [1.54, 1.807) is 12.1 Å². The summed E-state index contributed by atoms with van der Waals surface area (Å²) in [6.07, 6.45) is 0. The number of phenols is 1. The van der Waals surface area contributed by atoms with Crippen LogP contribution in [-0.4, -0.2) is 16.2 Å². The van der Waals surface area contributed by atoms with E-state index in [0.29, 0.717) is 15.8 Å². The fourth-order valence-corrected chi connectivity index (χ4v) is 3.44. The number of aliphatic imine (C=N–C) groups is 1. The predicted molar refractivity (Wildman–Crippen MR) is 102 cm³/mol. The van der Waals surface area contributed by atoms with Crippen molar-refractivity contribution in [2.24, 2.45) is 4.99 Å². The molecule has 0 saturated carbocycles. The van der Waals surface area contributed by atoms with Gasteiger partial charge in [0.25, 0.3) is 5.91 Å². The number of aryl methyl sites for hydroxylation is 1. The highest BCUT2D eigenvalue weighted by Crippen LogP contribution is 2.35. The van der Waals surface area contributed by atoms with Crippen LogP contribution in [0.1, 0.15) is 18.1 Å². The van der Waals surface area contributed by atoms with Crippen molar-refractivity contribution in [3.8, 4) is 5.75 Å². The first-order valence-electron chi connectivity index (χ1n) is 7.28. The zero-order valence-electron chi connectivity index (χ0n) is 13.1. The normalized spacial score (nSPS) is 18.0. The van der Waals surface area contributed by atoms with Crippen LogP contribution in [0.3, 0.4) is 0 Å². The van der Waals surface area contributed by atoms with E-state index in [9.17, 15) is 9.90 Å². The fraction of sp³-hybridized carbons (Fsp3) is 0.111. The Kier molecular flexibility index (Phi) is 4.78. The third kappa shape index (κ3) is 3.55. The molecule has 1 aliphatic heterocycles. The highest BCUT2D eigenvalue weighted by atomic mass is 79.9. The molecule has 24 heavy (non-hydrogen) atoms. The van der Waals surface area contributed by atoms with Gasteiger partial charge in [-0.25, -0.2) is 4.99 Å². The number of aromatic hydroxyl groups is 1. The molecule has 0 atom stereocenters. The number of benzene rings is 2. The molecule has 0 aromatic heterocycles. The predicted octanol–water partition coefficient (Wildman–Crippen LogP) is 4.74. The number of thioether (sulfide) groups is 1. The number of carbonyl (C=O) groups excluding carboxylic acids is 1. The van der Waals surface area contributed by atoms with Gasteiger partial charge in [0.2, 0.25) is 0 Å². The van der Waals surface area contributed by atoms with Gasteiger partial charge < -0.3 is 10.4 Å². The molecule has 2 aromatic carbocycles. The van der Waals surface area contributed by atoms with Crippen molar-refractivity contribution in [2.75, 3.05) is 0 Å². The van der Waals surface area contributed by atoms with Gasteiger partial charge in [0.1, 0.15) is 11.4 Å². The molecule has 1 aliphatic rings. The van der Waals surface area contributed by atoms with E-state index < -0.39 is 0 Å². The van der Waals surface area contributed by atoms with Crippen molar-refractivity contribution >= 4 is 50.0 Å². The summed E-state index contributed by atoms with van der Waals surface area (Å²) in [5.41, 5.74) is 3.31. The second kappa shape index (κ2) is 6.83. The lowest BCUT2D eigenvalue weighted by Gasteiger charge is -2.04. The number of phenolic OH excluding ortho intramolecular Hbond substituents is 1. The maximum atomic E-state index is 12.3. The number of amidine groups is 1. The van der Waals surface area contributed by atoms with Crippen molar-refractivity contribution in [3.05, 3.63) is 63.0 Å². The molecule has 0 bridgehead atoms. The minimum atomic E-state index is -0.175. The zero-order valence-corrected chi connectivity index (χ0v) is 15.5. The van der Waals surface area contributed by atoms with Crippen LogP contribution in [0.4, 0.5) is 5.69 Å². The third-order valence-electron chi connectivity index (χ3n) is 3.60. The van der Waals surface area contributed by atoms with Gasteiger partial charge in [0.05, 0.1) is 4.91 Å². The first-order chi connectivity index (χ1) is 11.4. The van der Waals surface area contributed by atoms with Crippen LogP contribution in [0, 0.1) is 6.92 Å². The summed E-state index contributed by atoms with van der Waals surface area (Å²) in [5.74, 6) is -0.0867. The lowest BCUT2D eigenvalue weighted by molar-refractivity contribution is -0.115. The van der Waals surface area contributed by atoms with Gasteiger partial charge in [0, 0.05) is 4.47 Å².